The van der Waals surface area contributed by atoms with Crippen LogP contribution in [0.1, 0.15) is 45.8 Å². The molecule has 45 heavy (non-hydrogen) atoms. The number of rotatable bonds is 10. The van der Waals surface area contributed by atoms with Crippen molar-refractivity contribution in [2.45, 2.75) is 45.8 Å². The van der Waals surface area contributed by atoms with Gasteiger partial charge in [0.25, 0.3) is 11.8 Å². The largest absolute Gasteiger partial charge is 0.483 e. The average molecular weight is 639 g/mol. The van der Waals surface area contributed by atoms with Crippen LogP contribution in [0.5, 0.6) is 5.75 Å². The minimum absolute atomic E-state index is 0.0561. The third-order valence-corrected chi connectivity index (χ3v) is 8.54. The summed E-state index contributed by atoms with van der Waals surface area (Å²) in [7, 11) is 0. The van der Waals surface area contributed by atoms with E-state index < -0.39 is 29.9 Å². The number of amides is 4. The van der Waals surface area contributed by atoms with E-state index in [-0.39, 0.29) is 69.6 Å². The predicted octanol–water partition coefficient (Wildman–Crippen LogP) is 2.18. The average Bonchev–Trinajstić information content (AvgIpc) is 3.59. The zero-order chi connectivity index (χ0) is 32.1. The molecule has 4 amide bonds. The van der Waals surface area contributed by atoms with E-state index in [1.807, 2.05) is 6.92 Å². The molecule has 0 spiro atoms. The van der Waals surface area contributed by atoms with Crippen LogP contribution in [0.2, 0.25) is 0 Å². The van der Waals surface area contributed by atoms with Crippen molar-refractivity contribution in [2.24, 2.45) is 0 Å². The van der Waals surface area contributed by atoms with Gasteiger partial charge in [0.05, 0.1) is 35.9 Å². The Bertz CT molecular complexity index is 1600. The molecule has 5 rings (SSSR count). The minimum atomic E-state index is -1.14. The molecule has 2 aliphatic rings. The van der Waals surface area contributed by atoms with Gasteiger partial charge in [0, 0.05) is 48.9 Å². The molecule has 0 unspecified atom stereocenters. The van der Waals surface area contributed by atoms with Crippen LogP contribution in [0.3, 0.4) is 0 Å². The molecule has 3 aromatic rings. The van der Waals surface area contributed by atoms with Crippen LogP contribution < -0.4 is 10.1 Å². The molecule has 1 atom stereocenters. The lowest BCUT2D eigenvalue weighted by atomic mass is 10.1. The fraction of sp³-hybridized carbons (Fsp3) is 0.433. The number of para-hydroxylation sites is 1. The summed E-state index contributed by atoms with van der Waals surface area (Å²) in [6.45, 7) is 5.40. The zero-order valence-electron chi connectivity index (χ0n) is 25.0. The van der Waals surface area contributed by atoms with E-state index >= 15 is 0 Å². The second-order valence-electron chi connectivity index (χ2n) is 10.6. The molecule has 0 bridgehead atoms. The number of fused-ring (bicyclic) bond motifs is 2. The molecule has 14 nitrogen and oxygen atoms in total. The Kier molecular flexibility index (Phi) is 9.76. The summed E-state index contributed by atoms with van der Waals surface area (Å²) < 4.78 is 11.0. The second kappa shape index (κ2) is 13.9. The van der Waals surface area contributed by atoms with Crippen molar-refractivity contribution in [3.05, 3.63) is 51.6 Å². The number of aryl methyl sites for hydroxylation is 1. The summed E-state index contributed by atoms with van der Waals surface area (Å²) in [6.07, 6.45) is -0.954. The van der Waals surface area contributed by atoms with Crippen LogP contribution in [0.25, 0.3) is 10.9 Å². The van der Waals surface area contributed by atoms with Gasteiger partial charge in [0.1, 0.15) is 17.5 Å². The summed E-state index contributed by atoms with van der Waals surface area (Å²) in [5.74, 6) is -2.23. The molecule has 0 saturated carbocycles. The van der Waals surface area contributed by atoms with Gasteiger partial charge < -0.3 is 34.6 Å². The molecule has 4 heterocycles. The van der Waals surface area contributed by atoms with Gasteiger partial charge in [-0.1, -0.05) is 12.1 Å². The van der Waals surface area contributed by atoms with Crippen molar-refractivity contribution >= 4 is 52.0 Å². The van der Waals surface area contributed by atoms with Crippen molar-refractivity contribution < 1.29 is 38.6 Å². The van der Waals surface area contributed by atoms with Crippen LogP contribution in [0.15, 0.2) is 30.3 Å². The number of benzene rings is 1. The summed E-state index contributed by atoms with van der Waals surface area (Å²) in [5.41, 5.74) is 1.28. The number of thiazole rings is 1. The number of aromatic nitrogens is 2. The van der Waals surface area contributed by atoms with E-state index in [4.69, 9.17) is 9.47 Å². The number of ether oxygens (including phenoxy) is 2. The molecular weight excluding hydrogens is 604 g/mol. The number of piperazine rings is 1. The van der Waals surface area contributed by atoms with Gasteiger partial charge in [0.2, 0.25) is 5.91 Å². The molecule has 1 aromatic carbocycles. The summed E-state index contributed by atoms with van der Waals surface area (Å²) in [6, 6.07) is 7.26. The maximum Gasteiger partial charge on any atom is 0.409 e. The highest BCUT2D eigenvalue weighted by Crippen LogP contribution is 2.29. The lowest BCUT2D eigenvalue weighted by Gasteiger charge is -2.35. The third-order valence-electron chi connectivity index (χ3n) is 7.54. The first-order chi connectivity index (χ1) is 21.6. The number of aliphatic carboxylic acids is 1. The highest BCUT2D eigenvalue weighted by Gasteiger charge is 2.32. The van der Waals surface area contributed by atoms with E-state index in [0.717, 1.165) is 15.6 Å². The fourth-order valence-electron chi connectivity index (χ4n) is 5.26. The first-order valence-corrected chi connectivity index (χ1v) is 15.4. The van der Waals surface area contributed by atoms with Crippen molar-refractivity contribution in [3.63, 3.8) is 0 Å². The molecule has 2 N–H and O–H groups in total. The fourth-order valence-corrected chi connectivity index (χ4v) is 6.22. The molecule has 0 radical (unpaired) electrons. The molecule has 2 aromatic heterocycles. The van der Waals surface area contributed by atoms with E-state index in [9.17, 15) is 29.1 Å². The van der Waals surface area contributed by atoms with Gasteiger partial charge in [-0.3, -0.25) is 19.2 Å². The number of hydrogen-bond donors (Lipinski definition) is 2. The molecule has 15 heteroatoms. The molecule has 0 aliphatic carbocycles. The van der Waals surface area contributed by atoms with Gasteiger partial charge in [-0.2, -0.15) is 0 Å². The standard InChI is InChI=1S/C30H34N6O8S/c1-3-43-30(42)35-12-10-34(11-13-35)29(41)21(8-9-27(38)39)33-28(40)22-14-24(19-6-4-5-7-20(19)32-22)44-17-26(37)36-15-23-25(16-36)45-18(2)31-23/h4-7,14,21H,3,8-13,15-17H2,1-2H3,(H,33,40)(H,38,39)/t21-/m0/s1. The van der Waals surface area contributed by atoms with E-state index in [1.165, 1.54) is 15.9 Å². The van der Waals surface area contributed by atoms with Crippen LogP contribution >= 0.6 is 11.3 Å². The first-order valence-electron chi connectivity index (χ1n) is 14.6. The van der Waals surface area contributed by atoms with E-state index in [1.54, 1.807) is 47.4 Å². The lowest BCUT2D eigenvalue weighted by molar-refractivity contribution is -0.138. The quantitative estimate of drug-likeness (QED) is 0.335. The maximum atomic E-state index is 13.5. The Hall–Kier alpha value is -4.79. The zero-order valence-corrected chi connectivity index (χ0v) is 25.8. The Morgan fingerprint density at radius 1 is 1.02 bits per heavy atom. The van der Waals surface area contributed by atoms with Crippen molar-refractivity contribution in [3.8, 4) is 5.75 Å². The second-order valence-corrected chi connectivity index (χ2v) is 11.9. The van der Waals surface area contributed by atoms with Crippen molar-refractivity contribution in [1.29, 1.82) is 0 Å². The Morgan fingerprint density at radius 3 is 2.47 bits per heavy atom. The van der Waals surface area contributed by atoms with Crippen LogP contribution in [-0.2, 0) is 32.2 Å². The van der Waals surface area contributed by atoms with Crippen molar-refractivity contribution in [2.75, 3.05) is 39.4 Å². The molecule has 238 valence electrons. The number of pyridine rings is 1. The van der Waals surface area contributed by atoms with Gasteiger partial charge in [0.15, 0.2) is 6.61 Å². The molecular formula is C30H34N6O8S. The van der Waals surface area contributed by atoms with Gasteiger partial charge >= 0.3 is 12.1 Å². The van der Waals surface area contributed by atoms with Crippen LogP contribution in [0.4, 0.5) is 4.79 Å². The number of carbonyl (C=O) groups excluding carboxylic acids is 4. The smallest absolute Gasteiger partial charge is 0.409 e. The maximum absolute atomic E-state index is 13.5. The number of hydrogen-bond acceptors (Lipinski definition) is 10. The van der Waals surface area contributed by atoms with Gasteiger partial charge in [-0.25, -0.2) is 14.8 Å². The first kappa shape index (κ1) is 31.6. The lowest BCUT2D eigenvalue weighted by Crippen LogP contribution is -2.56. The van der Waals surface area contributed by atoms with Crippen LogP contribution in [-0.4, -0.2) is 105 Å². The number of carboxylic acids is 1. The van der Waals surface area contributed by atoms with Gasteiger partial charge in [-0.15, -0.1) is 11.3 Å². The highest BCUT2D eigenvalue weighted by molar-refractivity contribution is 7.11. The minimum Gasteiger partial charge on any atom is -0.483 e. The summed E-state index contributed by atoms with van der Waals surface area (Å²) >= 11 is 1.56. The topological polar surface area (TPSA) is 172 Å². The number of carbonyl (C=O) groups is 5. The van der Waals surface area contributed by atoms with E-state index in [2.05, 4.69) is 15.3 Å². The molecule has 1 saturated heterocycles. The number of carboxylic acid groups (broad SMARTS) is 1. The highest BCUT2D eigenvalue weighted by atomic mass is 32.1. The molecule has 1 fully saturated rings. The number of nitrogens with one attached hydrogen (secondary N) is 1. The monoisotopic (exact) mass is 638 g/mol. The predicted molar refractivity (Wildman–Crippen MR) is 162 cm³/mol. The Labute approximate surface area is 262 Å². The normalized spacial score (nSPS) is 15.0. The van der Waals surface area contributed by atoms with E-state index in [0.29, 0.717) is 24.0 Å². The Balaban J connectivity index is 1.28. The summed E-state index contributed by atoms with van der Waals surface area (Å²) in [5, 5.41) is 13.5. The molecule has 2 aliphatic heterocycles. The van der Waals surface area contributed by atoms with Gasteiger partial charge in [-0.05, 0) is 32.4 Å². The Morgan fingerprint density at radius 2 is 1.76 bits per heavy atom. The van der Waals surface area contributed by atoms with Crippen LogP contribution in [0, 0.1) is 6.92 Å². The SMILES string of the molecule is CCOC(=O)N1CCN(C(=O)[C@H](CCC(=O)O)NC(=O)c2cc(OCC(=O)N3Cc4nc(C)sc4C3)c3ccccc3n2)CC1. The number of nitrogens with zero attached hydrogens (tertiary/aromatic N) is 5. The summed E-state index contributed by atoms with van der Waals surface area (Å²) in [4.78, 5) is 77.9. The van der Waals surface area contributed by atoms with Crippen molar-refractivity contribution in [1.82, 2.24) is 30.0 Å². The third kappa shape index (κ3) is 7.48.